The van der Waals surface area contributed by atoms with Crippen molar-refractivity contribution in [2.24, 2.45) is 0 Å². The molecular weight excluding hydrogens is 277 g/mol. The summed E-state index contributed by atoms with van der Waals surface area (Å²) in [5.41, 5.74) is 0.100. The van der Waals surface area contributed by atoms with Crippen molar-refractivity contribution >= 4 is 35.1 Å². The fraction of sp³-hybridized carbons (Fsp3) is 0.333. The van der Waals surface area contributed by atoms with E-state index in [1.165, 1.54) is 12.1 Å². The highest BCUT2D eigenvalue weighted by Gasteiger charge is 2.22. The molecule has 0 aliphatic carbocycles. The van der Waals surface area contributed by atoms with Crippen LogP contribution in [0.3, 0.4) is 0 Å². The molecule has 0 radical (unpaired) electrons. The summed E-state index contributed by atoms with van der Waals surface area (Å²) in [5, 5.41) is 11.8. The van der Waals surface area contributed by atoms with Gasteiger partial charge in [-0.1, -0.05) is 42.6 Å². The maximum atomic E-state index is 11.9. The molecule has 1 aromatic rings. The molecule has 98 valence electrons. The van der Waals surface area contributed by atoms with Crippen molar-refractivity contribution < 1.29 is 14.7 Å². The van der Waals surface area contributed by atoms with Crippen molar-refractivity contribution in [2.45, 2.75) is 25.8 Å². The summed E-state index contributed by atoms with van der Waals surface area (Å²) in [6.07, 6.45) is 0.997. The lowest BCUT2D eigenvalue weighted by atomic mass is 10.1. The largest absolute Gasteiger partial charge is 0.480 e. The molecular formula is C12H13Cl2NO3. The third kappa shape index (κ3) is 3.62. The molecule has 0 fully saturated rings. The Bertz CT molecular complexity index is 442. The van der Waals surface area contributed by atoms with Crippen LogP contribution in [0.2, 0.25) is 10.0 Å². The predicted octanol–water partition coefficient (Wildman–Crippen LogP) is 2.98. The molecule has 0 saturated carbocycles. The van der Waals surface area contributed by atoms with Crippen LogP contribution < -0.4 is 5.32 Å². The van der Waals surface area contributed by atoms with E-state index in [0.717, 1.165) is 0 Å². The lowest BCUT2D eigenvalue weighted by Gasteiger charge is -2.14. The summed E-state index contributed by atoms with van der Waals surface area (Å²) in [5.74, 6) is -1.65. The molecule has 0 saturated heterocycles. The monoisotopic (exact) mass is 289 g/mol. The van der Waals surface area contributed by atoms with E-state index in [9.17, 15) is 9.59 Å². The summed E-state index contributed by atoms with van der Waals surface area (Å²) in [6, 6.07) is 3.73. The molecule has 0 aliphatic rings. The van der Waals surface area contributed by atoms with Crippen LogP contribution in [0.25, 0.3) is 0 Å². The summed E-state index contributed by atoms with van der Waals surface area (Å²) >= 11 is 11.7. The van der Waals surface area contributed by atoms with Crippen LogP contribution in [0.1, 0.15) is 30.1 Å². The number of carbonyl (C=O) groups excluding carboxylic acids is 1. The van der Waals surface area contributed by atoms with E-state index in [2.05, 4.69) is 5.32 Å². The lowest BCUT2D eigenvalue weighted by Crippen LogP contribution is -2.40. The molecule has 1 aromatic carbocycles. The van der Waals surface area contributed by atoms with Gasteiger partial charge in [0.15, 0.2) is 0 Å². The number of carboxylic acids is 1. The number of carboxylic acid groups (broad SMARTS) is 1. The second-order valence-electron chi connectivity index (χ2n) is 3.75. The molecule has 6 heteroatoms. The quantitative estimate of drug-likeness (QED) is 0.876. The number of hydrogen-bond acceptors (Lipinski definition) is 2. The smallest absolute Gasteiger partial charge is 0.326 e. The van der Waals surface area contributed by atoms with E-state index < -0.39 is 17.9 Å². The molecule has 0 spiro atoms. The minimum atomic E-state index is -1.08. The maximum absolute atomic E-state index is 11.9. The summed E-state index contributed by atoms with van der Waals surface area (Å²) < 4.78 is 0. The van der Waals surface area contributed by atoms with Gasteiger partial charge < -0.3 is 10.4 Å². The van der Waals surface area contributed by atoms with Crippen LogP contribution in [0, 0.1) is 0 Å². The number of hydrogen-bond donors (Lipinski definition) is 2. The highest BCUT2D eigenvalue weighted by atomic mass is 35.5. The van der Waals surface area contributed by atoms with Crippen LogP contribution in [0.4, 0.5) is 0 Å². The van der Waals surface area contributed by atoms with Gasteiger partial charge in [-0.15, -0.1) is 0 Å². The van der Waals surface area contributed by atoms with E-state index in [0.29, 0.717) is 12.8 Å². The van der Waals surface area contributed by atoms with Gasteiger partial charge in [0.1, 0.15) is 6.04 Å². The molecule has 1 amide bonds. The lowest BCUT2D eigenvalue weighted by molar-refractivity contribution is -0.139. The Morgan fingerprint density at radius 1 is 1.33 bits per heavy atom. The van der Waals surface area contributed by atoms with Gasteiger partial charge in [-0.25, -0.2) is 4.79 Å². The Kier molecular flexibility index (Phi) is 5.44. The average Bonchev–Trinajstić information content (AvgIpc) is 2.28. The summed E-state index contributed by atoms with van der Waals surface area (Å²) in [7, 11) is 0. The second kappa shape index (κ2) is 6.61. The molecule has 1 rings (SSSR count). The van der Waals surface area contributed by atoms with Crippen LogP contribution in [0.5, 0.6) is 0 Å². The van der Waals surface area contributed by atoms with Crippen LogP contribution >= 0.6 is 23.2 Å². The van der Waals surface area contributed by atoms with E-state index in [-0.39, 0.29) is 15.6 Å². The number of carbonyl (C=O) groups is 2. The molecule has 18 heavy (non-hydrogen) atoms. The third-order valence-electron chi connectivity index (χ3n) is 2.37. The topological polar surface area (TPSA) is 66.4 Å². The molecule has 0 aliphatic heterocycles. The zero-order valence-electron chi connectivity index (χ0n) is 9.74. The van der Waals surface area contributed by atoms with Gasteiger partial charge in [0.25, 0.3) is 5.91 Å². The first-order valence-corrected chi connectivity index (χ1v) is 6.20. The Morgan fingerprint density at radius 2 is 1.89 bits per heavy atom. The standard InChI is InChI=1S/C12H13Cl2NO3/c1-2-4-9(12(17)18)15-11(16)10-7(13)5-3-6-8(10)14/h3,5-6,9H,2,4H2,1H3,(H,15,16)(H,17,18). The minimum Gasteiger partial charge on any atom is -0.480 e. The molecule has 0 aromatic heterocycles. The Balaban J connectivity index is 2.90. The highest BCUT2D eigenvalue weighted by molar-refractivity contribution is 6.39. The normalized spacial score (nSPS) is 11.9. The van der Waals surface area contributed by atoms with E-state index in [1.54, 1.807) is 6.07 Å². The van der Waals surface area contributed by atoms with Crippen molar-refractivity contribution in [2.75, 3.05) is 0 Å². The van der Waals surface area contributed by atoms with Crippen molar-refractivity contribution in [3.05, 3.63) is 33.8 Å². The fourth-order valence-corrected chi connectivity index (χ4v) is 2.06. The van der Waals surface area contributed by atoms with Gasteiger partial charge in [-0.2, -0.15) is 0 Å². The first-order valence-electron chi connectivity index (χ1n) is 5.45. The van der Waals surface area contributed by atoms with Crippen molar-refractivity contribution in [1.82, 2.24) is 5.32 Å². The fourth-order valence-electron chi connectivity index (χ4n) is 1.49. The minimum absolute atomic E-state index is 0.100. The number of amides is 1. The Hall–Kier alpha value is -1.26. The Labute approximate surface area is 115 Å². The maximum Gasteiger partial charge on any atom is 0.326 e. The third-order valence-corrected chi connectivity index (χ3v) is 3.00. The zero-order valence-corrected chi connectivity index (χ0v) is 11.3. The van der Waals surface area contributed by atoms with Crippen molar-refractivity contribution in [3.63, 3.8) is 0 Å². The van der Waals surface area contributed by atoms with Gasteiger partial charge in [0.05, 0.1) is 15.6 Å². The van der Waals surface area contributed by atoms with Crippen LogP contribution in [0.15, 0.2) is 18.2 Å². The molecule has 0 bridgehead atoms. The number of rotatable bonds is 5. The number of aliphatic carboxylic acids is 1. The van der Waals surface area contributed by atoms with E-state index in [4.69, 9.17) is 28.3 Å². The van der Waals surface area contributed by atoms with Gasteiger partial charge in [-0.3, -0.25) is 4.79 Å². The van der Waals surface area contributed by atoms with Gasteiger partial charge in [0.2, 0.25) is 0 Å². The molecule has 2 N–H and O–H groups in total. The SMILES string of the molecule is CCCC(NC(=O)c1c(Cl)cccc1Cl)C(=O)O. The number of benzene rings is 1. The van der Waals surface area contributed by atoms with E-state index >= 15 is 0 Å². The molecule has 1 unspecified atom stereocenters. The van der Waals surface area contributed by atoms with Crippen molar-refractivity contribution in [1.29, 1.82) is 0 Å². The first kappa shape index (κ1) is 14.8. The number of halogens is 2. The van der Waals surface area contributed by atoms with E-state index in [1.807, 2.05) is 6.92 Å². The second-order valence-corrected chi connectivity index (χ2v) is 4.56. The molecule has 4 nitrogen and oxygen atoms in total. The zero-order chi connectivity index (χ0) is 13.7. The van der Waals surface area contributed by atoms with Crippen molar-refractivity contribution in [3.8, 4) is 0 Å². The first-order chi connectivity index (χ1) is 8.47. The van der Waals surface area contributed by atoms with Crippen LogP contribution in [-0.4, -0.2) is 23.0 Å². The molecule has 0 heterocycles. The average molecular weight is 290 g/mol. The number of nitrogens with one attached hydrogen (secondary N) is 1. The summed E-state index contributed by atoms with van der Waals surface area (Å²) in [4.78, 5) is 22.9. The van der Waals surface area contributed by atoms with Gasteiger partial charge in [0, 0.05) is 0 Å². The van der Waals surface area contributed by atoms with Gasteiger partial charge in [-0.05, 0) is 18.6 Å². The summed E-state index contributed by atoms with van der Waals surface area (Å²) in [6.45, 7) is 1.84. The molecule has 1 atom stereocenters. The van der Waals surface area contributed by atoms with Crippen LogP contribution in [-0.2, 0) is 4.79 Å². The van der Waals surface area contributed by atoms with Gasteiger partial charge >= 0.3 is 5.97 Å². The highest BCUT2D eigenvalue weighted by Crippen LogP contribution is 2.24. The Morgan fingerprint density at radius 3 is 2.33 bits per heavy atom. The predicted molar refractivity (Wildman–Crippen MR) is 70.3 cm³/mol.